The Morgan fingerprint density at radius 3 is 2.54 bits per heavy atom. The molecule has 1 aromatic heterocycles. The van der Waals surface area contributed by atoms with Crippen molar-refractivity contribution < 1.29 is 12.8 Å². The second-order valence-electron chi connectivity index (χ2n) is 3.05. The summed E-state index contributed by atoms with van der Waals surface area (Å²) in [7, 11) is -3.84. The Labute approximate surface area is 75.5 Å². The lowest BCUT2D eigenvalue weighted by molar-refractivity contribution is 0.401. The van der Waals surface area contributed by atoms with E-state index in [1.165, 1.54) is 18.3 Å². The molecule has 5 heteroatoms. The highest BCUT2D eigenvalue weighted by atomic mass is 32.2. The van der Waals surface area contributed by atoms with Gasteiger partial charge in [0.2, 0.25) is 14.8 Å². The molecule has 2 rings (SSSR count). The van der Waals surface area contributed by atoms with Gasteiger partial charge in [0.05, 0.1) is 0 Å². The van der Waals surface area contributed by atoms with Gasteiger partial charge in [-0.3, -0.25) is 0 Å². The molecule has 0 radical (unpaired) electrons. The third-order valence-electron chi connectivity index (χ3n) is 2.04. The van der Waals surface area contributed by atoms with Crippen LogP contribution in [0.2, 0.25) is 0 Å². The molecule has 0 saturated heterocycles. The average Bonchev–Trinajstić information content (AvgIpc) is 2.87. The molecule has 1 aliphatic rings. The minimum Gasteiger partial charge on any atom is -0.245 e. The van der Waals surface area contributed by atoms with Crippen LogP contribution >= 0.6 is 0 Å². The van der Waals surface area contributed by atoms with Crippen LogP contribution in [0.15, 0.2) is 29.4 Å². The van der Waals surface area contributed by atoms with E-state index in [9.17, 15) is 12.8 Å². The van der Waals surface area contributed by atoms with Crippen LogP contribution in [0.5, 0.6) is 0 Å². The van der Waals surface area contributed by atoms with Gasteiger partial charge < -0.3 is 0 Å². The van der Waals surface area contributed by atoms with Gasteiger partial charge in [-0.1, -0.05) is 6.07 Å². The number of halogens is 1. The fraction of sp³-hybridized carbons (Fsp3) is 0.375. The minimum absolute atomic E-state index is 0.0892. The van der Waals surface area contributed by atoms with Crippen LogP contribution in [0.25, 0.3) is 0 Å². The molecule has 13 heavy (non-hydrogen) atoms. The van der Waals surface area contributed by atoms with Crippen molar-refractivity contribution in [2.24, 2.45) is 0 Å². The summed E-state index contributed by atoms with van der Waals surface area (Å²) in [5.41, 5.74) is 0. The van der Waals surface area contributed by atoms with Gasteiger partial charge in [-0.05, 0) is 12.1 Å². The fourth-order valence-corrected chi connectivity index (χ4v) is 2.53. The van der Waals surface area contributed by atoms with E-state index in [0.717, 1.165) is 0 Å². The summed E-state index contributed by atoms with van der Waals surface area (Å²) in [5.74, 6) is 0. The number of hydrogen-bond acceptors (Lipinski definition) is 3. The van der Waals surface area contributed by atoms with E-state index in [0.29, 0.717) is 0 Å². The van der Waals surface area contributed by atoms with E-state index in [-0.39, 0.29) is 17.9 Å². The first-order valence-electron chi connectivity index (χ1n) is 3.91. The van der Waals surface area contributed by atoms with E-state index in [4.69, 9.17) is 0 Å². The van der Waals surface area contributed by atoms with Crippen molar-refractivity contribution in [1.82, 2.24) is 4.98 Å². The monoisotopic (exact) mass is 201 g/mol. The topological polar surface area (TPSA) is 47.0 Å². The molecule has 1 fully saturated rings. The minimum atomic E-state index is -3.84. The molecule has 1 aromatic rings. The van der Waals surface area contributed by atoms with Gasteiger partial charge in [-0.15, -0.1) is 0 Å². The first kappa shape index (κ1) is 8.62. The van der Waals surface area contributed by atoms with Gasteiger partial charge >= 0.3 is 0 Å². The Bertz CT molecular complexity index is 411. The van der Waals surface area contributed by atoms with Crippen LogP contribution in [0.1, 0.15) is 12.8 Å². The predicted molar refractivity (Wildman–Crippen MR) is 44.5 cm³/mol. The van der Waals surface area contributed by atoms with Crippen molar-refractivity contribution >= 4 is 9.84 Å². The molecule has 0 amide bonds. The number of nitrogens with zero attached hydrogens (tertiary/aromatic N) is 1. The third-order valence-corrected chi connectivity index (χ3v) is 4.20. The Morgan fingerprint density at radius 1 is 1.38 bits per heavy atom. The van der Waals surface area contributed by atoms with E-state index >= 15 is 0 Å². The van der Waals surface area contributed by atoms with Crippen LogP contribution in [-0.4, -0.2) is 18.4 Å². The van der Waals surface area contributed by atoms with Crippen LogP contribution in [-0.2, 0) is 9.84 Å². The lowest BCUT2D eigenvalue weighted by atomic mass is 10.5. The van der Waals surface area contributed by atoms with Crippen LogP contribution in [0, 0.1) is 0 Å². The maximum absolute atomic E-state index is 13.3. The van der Waals surface area contributed by atoms with E-state index in [2.05, 4.69) is 4.98 Å². The first-order valence-corrected chi connectivity index (χ1v) is 5.39. The molecule has 0 aromatic carbocycles. The standard InChI is InChI=1S/C8H8FNO2S/c9-8(4-5-8)13(11,12)7-3-1-2-6-10-7/h1-3,6H,4-5H2. The molecule has 3 nitrogen and oxygen atoms in total. The lowest BCUT2D eigenvalue weighted by Gasteiger charge is -2.05. The zero-order valence-corrected chi connectivity index (χ0v) is 7.59. The molecule has 1 heterocycles. The maximum atomic E-state index is 13.3. The largest absolute Gasteiger partial charge is 0.245 e. The van der Waals surface area contributed by atoms with Crippen molar-refractivity contribution in [3.63, 3.8) is 0 Å². The van der Waals surface area contributed by atoms with Gasteiger partial charge in [0.1, 0.15) is 0 Å². The smallest absolute Gasteiger partial charge is 0.230 e. The summed E-state index contributed by atoms with van der Waals surface area (Å²) < 4.78 is 36.3. The molecule has 0 spiro atoms. The van der Waals surface area contributed by atoms with Crippen LogP contribution in [0.3, 0.4) is 0 Å². The van der Waals surface area contributed by atoms with Crippen LogP contribution in [0.4, 0.5) is 4.39 Å². The second-order valence-corrected chi connectivity index (χ2v) is 5.21. The normalized spacial score (nSPS) is 19.8. The van der Waals surface area contributed by atoms with Crippen molar-refractivity contribution in [3.05, 3.63) is 24.4 Å². The predicted octanol–water partition coefficient (Wildman–Crippen LogP) is 1.31. The zero-order chi connectivity index (χ0) is 9.53. The Kier molecular flexibility index (Phi) is 1.66. The average molecular weight is 201 g/mol. The Hall–Kier alpha value is -0.970. The van der Waals surface area contributed by atoms with Crippen molar-refractivity contribution in [3.8, 4) is 0 Å². The quantitative estimate of drug-likeness (QED) is 0.724. The van der Waals surface area contributed by atoms with Crippen LogP contribution < -0.4 is 0 Å². The number of rotatable bonds is 2. The summed E-state index contributed by atoms with van der Waals surface area (Å²) in [6, 6.07) is 4.44. The number of aromatic nitrogens is 1. The van der Waals surface area contributed by atoms with E-state index in [1.807, 2.05) is 0 Å². The highest BCUT2D eigenvalue weighted by Gasteiger charge is 2.56. The summed E-state index contributed by atoms with van der Waals surface area (Å²) >= 11 is 0. The lowest BCUT2D eigenvalue weighted by Crippen LogP contribution is -2.18. The van der Waals surface area contributed by atoms with Crippen molar-refractivity contribution in [1.29, 1.82) is 0 Å². The molecule has 0 aliphatic heterocycles. The van der Waals surface area contributed by atoms with E-state index < -0.39 is 14.8 Å². The molecule has 0 N–H and O–H groups in total. The van der Waals surface area contributed by atoms with Gasteiger partial charge in [0.15, 0.2) is 5.03 Å². The number of pyridine rings is 1. The molecular formula is C8H8FNO2S. The molecule has 1 aliphatic carbocycles. The first-order chi connectivity index (χ1) is 6.06. The molecule has 0 bridgehead atoms. The molecule has 70 valence electrons. The van der Waals surface area contributed by atoms with Gasteiger partial charge in [0.25, 0.3) is 0 Å². The zero-order valence-electron chi connectivity index (χ0n) is 6.77. The van der Waals surface area contributed by atoms with Gasteiger partial charge in [-0.25, -0.2) is 17.8 Å². The highest BCUT2D eigenvalue weighted by Crippen LogP contribution is 2.47. The third kappa shape index (κ3) is 1.23. The van der Waals surface area contributed by atoms with E-state index in [1.54, 1.807) is 6.07 Å². The molecule has 0 unspecified atom stereocenters. The summed E-state index contributed by atoms with van der Waals surface area (Å²) in [6.07, 6.45) is 1.52. The number of alkyl halides is 1. The SMILES string of the molecule is O=S(=O)(c1ccccn1)C1(F)CC1. The van der Waals surface area contributed by atoms with Gasteiger partial charge in [0, 0.05) is 19.0 Å². The summed E-state index contributed by atoms with van der Waals surface area (Å²) in [6.45, 7) is 0. The Morgan fingerprint density at radius 2 is 2.08 bits per heavy atom. The molecular weight excluding hydrogens is 193 g/mol. The highest BCUT2D eigenvalue weighted by molar-refractivity contribution is 7.92. The van der Waals surface area contributed by atoms with Crippen molar-refractivity contribution in [2.45, 2.75) is 22.9 Å². The fourth-order valence-electron chi connectivity index (χ4n) is 1.06. The Balaban J connectivity index is 2.48. The summed E-state index contributed by atoms with van der Waals surface area (Å²) in [5, 5.41) is -2.21. The second kappa shape index (κ2) is 2.51. The van der Waals surface area contributed by atoms with Gasteiger partial charge in [-0.2, -0.15) is 0 Å². The number of sulfone groups is 1. The maximum Gasteiger partial charge on any atom is 0.230 e. The molecule has 1 saturated carbocycles. The summed E-state index contributed by atoms with van der Waals surface area (Å²) in [4.78, 5) is 3.63. The molecule has 0 atom stereocenters. The number of hydrogen-bond donors (Lipinski definition) is 0. The van der Waals surface area contributed by atoms with Crippen molar-refractivity contribution in [2.75, 3.05) is 0 Å².